The summed E-state index contributed by atoms with van der Waals surface area (Å²) in [6, 6.07) is 15.6. The van der Waals surface area contributed by atoms with E-state index in [0.717, 1.165) is 63.2 Å². The Morgan fingerprint density at radius 3 is 2.42 bits per heavy atom. The number of nitrogens with zero attached hydrogens (tertiary/aromatic N) is 1. The van der Waals surface area contributed by atoms with E-state index in [1.165, 1.54) is 5.56 Å². The standard InChI is InChI=1S/C25H32N2O4/c28-22-11-13-27(14-12-22)17-20-5-3-19(4-6-20)16-26-25(29)21-7-9-23(10-8-21)31-18-24-2-1-15-30-24/h3-10,22,24,28H,1-2,11-18H2,(H,26,29). The summed E-state index contributed by atoms with van der Waals surface area (Å²) >= 11 is 0. The topological polar surface area (TPSA) is 71.0 Å². The molecule has 0 saturated carbocycles. The number of aliphatic hydroxyl groups is 1. The van der Waals surface area contributed by atoms with E-state index in [0.29, 0.717) is 18.7 Å². The van der Waals surface area contributed by atoms with Gasteiger partial charge in [-0.15, -0.1) is 0 Å². The molecule has 0 bridgehead atoms. The molecule has 2 heterocycles. The first-order valence-corrected chi connectivity index (χ1v) is 11.3. The first-order valence-electron chi connectivity index (χ1n) is 11.3. The van der Waals surface area contributed by atoms with E-state index in [9.17, 15) is 9.90 Å². The second kappa shape index (κ2) is 10.8. The van der Waals surface area contributed by atoms with Crippen LogP contribution in [0.5, 0.6) is 5.75 Å². The van der Waals surface area contributed by atoms with Crippen molar-refractivity contribution in [1.29, 1.82) is 0 Å². The van der Waals surface area contributed by atoms with Crippen LogP contribution in [0.1, 0.15) is 47.2 Å². The van der Waals surface area contributed by atoms with Gasteiger partial charge in [-0.3, -0.25) is 9.69 Å². The lowest BCUT2D eigenvalue weighted by Crippen LogP contribution is -2.35. The van der Waals surface area contributed by atoms with Gasteiger partial charge in [-0.25, -0.2) is 0 Å². The van der Waals surface area contributed by atoms with Gasteiger partial charge in [0.15, 0.2) is 0 Å². The molecule has 31 heavy (non-hydrogen) atoms. The summed E-state index contributed by atoms with van der Waals surface area (Å²) in [6.07, 6.45) is 3.89. The van der Waals surface area contributed by atoms with Gasteiger partial charge in [0.05, 0.1) is 12.2 Å². The molecule has 0 aliphatic carbocycles. The van der Waals surface area contributed by atoms with Crippen molar-refractivity contribution < 1.29 is 19.4 Å². The van der Waals surface area contributed by atoms with Gasteiger partial charge in [0.1, 0.15) is 12.4 Å². The van der Waals surface area contributed by atoms with Crippen LogP contribution < -0.4 is 10.1 Å². The highest BCUT2D eigenvalue weighted by Crippen LogP contribution is 2.17. The molecule has 6 nitrogen and oxygen atoms in total. The van der Waals surface area contributed by atoms with Gasteiger partial charge in [0.25, 0.3) is 5.91 Å². The second-order valence-electron chi connectivity index (χ2n) is 8.48. The van der Waals surface area contributed by atoms with Gasteiger partial charge in [-0.1, -0.05) is 24.3 Å². The van der Waals surface area contributed by atoms with Crippen LogP contribution in [0.3, 0.4) is 0 Å². The van der Waals surface area contributed by atoms with Crippen LogP contribution in [0.4, 0.5) is 0 Å². The van der Waals surface area contributed by atoms with Crippen LogP contribution in [0.15, 0.2) is 48.5 Å². The number of aliphatic hydroxyl groups excluding tert-OH is 1. The fourth-order valence-electron chi connectivity index (χ4n) is 4.05. The molecular formula is C25H32N2O4. The van der Waals surface area contributed by atoms with E-state index in [2.05, 4.69) is 34.5 Å². The fraction of sp³-hybridized carbons (Fsp3) is 0.480. The molecule has 1 atom stereocenters. The van der Waals surface area contributed by atoms with Crippen molar-refractivity contribution in [3.05, 3.63) is 65.2 Å². The summed E-state index contributed by atoms with van der Waals surface area (Å²) in [7, 11) is 0. The van der Waals surface area contributed by atoms with E-state index in [1.54, 1.807) is 12.1 Å². The maximum absolute atomic E-state index is 12.5. The molecule has 2 aliphatic rings. The third-order valence-corrected chi connectivity index (χ3v) is 6.02. The lowest BCUT2D eigenvalue weighted by atomic mass is 10.1. The molecule has 6 heteroatoms. The summed E-state index contributed by atoms with van der Waals surface area (Å²) in [5.41, 5.74) is 2.95. The largest absolute Gasteiger partial charge is 0.491 e. The van der Waals surface area contributed by atoms with E-state index in [4.69, 9.17) is 9.47 Å². The SMILES string of the molecule is O=C(NCc1ccc(CN2CCC(O)CC2)cc1)c1ccc(OCC2CCCO2)cc1. The van der Waals surface area contributed by atoms with Crippen molar-refractivity contribution in [3.8, 4) is 5.75 Å². The van der Waals surface area contributed by atoms with Gasteiger partial charge in [-0.05, 0) is 61.1 Å². The predicted molar refractivity (Wildman–Crippen MR) is 119 cm³/mol. The molecule has 2 aromatic carbocycles. The Hall–Kier alpha value is -2.41. The zero-order valence-corrected chi connectivity index (χ0v) is 18.0. The van der Waals surface area contributed by atoms with Crippen molar-refractivity contribution in [2.24, 2.45) is 0 Å². The molecule has 0 radical (unpaired) electrons. The summed E-state index contributed by atoms with van der Waals surface area (Å²) in [4.78, 5) is 14.8. The Balaban J connectivity index is 1.20. The van der Waals surface area contributed by atoms with Gasteiger partial charge in [0.2, 0.25) is 0 Å². The van der Waals surface area contributed by atoms with Crippen LogP contribution >= 0.6 is 0 Å². The number of carbonyl (C=O) groups is 1. The number of piperidine rings is 1. The molecule has 2 aromatic rings. The first kappa shape index (κ1) is 21.8. The Morgan fingerprint density at radius 1 is 1.03 bits per heavy atom. The zero-order chi connectivity index (χ0) is 21.5. The Morgan fingerprint density at radius 2 is 1.74 bits per heavy atom. The number of benzene rings is 2. The second-order valence-corrected chi connectivity index (χ2v) is 8.48. The van der Waals surface area contributed by atoms with Gasteiger partial charge in [-0.2, -0.15) is 0 Å². The van der Waals surface area contributed by atoms with Crippen molar-refractivity contribution in [2.75, 3.05) is 26.3 Å². The van der Waals surface area contributed by atoms with Crippen LogP contribution in [0.2, 0.25) is 0 Å². The molecule has 0 aromatic heterocycles. The smallest absolute Gasteiger partial charge is 0.251 e. The van der Waals surface area contributed by atoms with Crippen LogP contribution in [0.25, 0.3) is 0 Å². The number of ether oxygens (including phenoxy) is 2. The average Bonchev–Trinajstić information content (AvgIpc) is 3.33. The molecule has 2 aliphatic heterocycles. The lowest BCUT2D eigenvalue weighted by molar-refractivity contribution is 0.0679. The van der Waals surface area contributed by atoms with Crippen molar-refractivity contribution in [3.63, 3.8) is 0 Å². The Kier molecular flexibility index (Phi) is 7.57. The average molecular weight is 425 g/mol. The minimum absolute atomic E-state index is 0.0957. The fourth-order valence-corrected chi connectivity index (χ4v) is 4.05. The van der Waals surface area contributed by atoms with Gasteiger partial charge in [0, 0.05) is 38.3 Å². The molecule has 1 amide bonds. The monoisotopic (exact) mass is 424 g/mol. The number of nitrogens with one attached hydrogen (secondary N) is 1. The van der Waals surface area contributed by atoms with Crippen LogP contribution in [-0.4, -0.2) is 54.4 Å². The minimum atomic E-state index is -0.141. The number of amides is 1. The van der Waals surface area contributed by atoms with E-state index in [-0.39, 0.29) is 18.1 Å². The third kappa shape index (κ3) is 6.53. The van der Waals surface area contributed by atoms with Gasteiger partial charge < -0.3 is 19.9 Å². The summed E-state index contributed by atoms with van der Waals surface area (Å²) in [5.74, 6) is 0.660. The molecule has 4 rings (SSSR count). The van der Waals surface area contributed by atoms with Crippen LogP contribution in [-0.2, 0) is 17.8 Å². The quantitative estimate of drug-likeness (QED) is 0.681. The molecule has 2 fully saturated rings. The third-order valence-electron chi connectivity index (χ3n) is 6.02. The number of likely N-dealkylation sites (tertiary alicyclic amines) is 1. The summed E-state index contributed by atoms with van der Waals surface area (Å²) in [6.45, 7) is 4.65. The normalized spacial score (nSPS) is 20.0. The van der Waals surface area contributed by atoms with E-state index >= 15 is 0 Å². The number of hydrogen-bond donors (Lipinski definition) is 2. The van der Waals surface area contributed by atoms with Crippen molar-refractivity contribution in [1.82, 2.24) is 10.2 Å². The highest BCUT2D eigenvalue weighted by Gasteiger charge is 2.17. The highest BCUT2D eigenvalue weighted by molar-refractivity contribution is 5.94. The summed E-state index contributed by atoms with van der Waals surface area (Å²) < 4.78 is 11.3. The highest BCUT2D eigenvalue weighted by atomic mass is 16.5. The maximum atomic E-state index is 12.5. The molecule has 2 saturated heterocycles. The number of hydrogen-bond acceptors (Lipinski definition) is 5. The molecule has 2 N–H and O–H groups in total. The molecule has 1 unspecified atom stereocenters. The van der Waals surface area contributed by atoms with Crippen LogP contribution in [0, 0.1) is 0 Å². The first-order chi connectivity index (χ1) is 15.2. The maximum Gasteiger partial charge on any atom is 0.251 e. The zero-order valence-electron chi connectivity index (χ0n) is 18.0. The lowest BCUT2D eigenvalue weighted by Gasteiger charge is -2.29. The molecule has 166 valence electrons. The number of rotatable bonds is 8. The molecular weight excluding hydrogens is 392 g/mol. The number of carbonyl (C=O) groups excluding carboxylic acids is 1. The molecule has 0 spiro atoms. The van der Waals surface area contributed by atoms with Crippen molar-refractivity contribution in [2.45, 2.75) is 51.0 Å². The van der Waals surface area contributed by atoms with Crippen molar-refractivity contribution >= 4 is 5.91 Å². The van der Waals surface area contributed by atoms with Gasteiger partial charge >= 0.3 is 0 Å². The predicted octanol–water partition coefficient (Wildman–Crippen LogP) is 3.13. The Bertz CT molecular complexity index is 824. The Labute approximate surface area is 184 Å². The summed E-state index contributed by atoms with van der Waals surface area (Å²) in [5, 5.41) is 12.6. The minimum Gasteiger partial charge on any atom is -0.491 e. The van der Waals surface area contributed by atoms with E-state index in [1.807, 2.05) is 12.1 Å². The van der Waals surface area contributed by atoms with E-state index < -0.39 is 0 Å².